The highest BCUT2D eigenvalue weighted by Crippen LogP contribution is 2.25. The molecule has 20 heavy (non-hydrogen) atoms. The van der Waals surface area contributed by atoms with E-state index in [1.807, 2.05) is 12.3 Å². The Morgan fingerprint density at radius 2 is 2.05 bits per heavy atom. The van der Waals surface area contributed by atoms with Crippen LogP contribution in [0.4, 0.5) is 0 Å². The van der Waals surface area contributed by atoms with Gasteiger partial charge in [-0.2, -0.15) is 11.8 Å². The van der Waals surface area contributed by atoms with E-state index in [-0.39, 0.29) is 17.9 Å². The summed E-state index contributed by atoms with van der Waals surface area (Å²) in [6.07, 6.45) is 4.96. The van der Waals surface area contributed by atoms with Crippen LogP contribution >= 0.6 is 11.8 Å². The van der Waals surface area contributed by atoms with Crippen molar-refractivity contribution in [3.05, 3.63) is 29.3 Å². The number of hydrogen-bond acceptors (Lipinski definition) is 4. The van der Waals surface area contributed by atoms with Crippen LogP contribution in [0.2, 0.25) is 0 Å². The number of benzene rings is 1. The van der Waals surface area contributed by atoms with Gasteiger partial charge in [-0.05, 0) is 55.7 Å². The van der Waals surface area contributed by atoms with Crippen molar-refractivity contribution in [1.29, 1.82) is 0 Å². The molecule has 4 nitrogen and oxygen atoms in total. The van der Waals surface area contributed by atoms with Gasteiger partial charge < -0.3 is 5.11 Å². The summed E-state index contributed by atoms with van der Waals surface area (Å²) in [4.78, 5) is 0.322. The van der Waals surface area contributed by atoms with E-state index in [0.717, 1.165) is 24.8 Å². The molecule has 0 fully saturated rings. The number of nitrogens with one attached hydrogen (secondary N) is 1. The van der Waals surface area contributed by atoms with Crippen LogP contribution in [-0.2, 0) is 22.9 Å². The first-order valence-corrected chi connectivity index (χ1v) is 9.53. The van der Waals surface area contributed by atoms with Gasteiger partial charge in [0.2, 0.25) is 10.0 Å². The summed E-state index contributed by atoms with van der Waals surface area (Å²) in [5.41, 5.74) is 2.40. The van der Waals surface area contributed by atoms with Crippen LogP contribution < -0.4 is 4.72 Å². The van der Waals surface area contributed by atoms with E-state index in [4.69, 9.17) is 0 Å². The lowest BCUT2D eigenvalue weighted by Crippen LogP contribution is -2.41. The summed E-state index contributed by atoms with van der Waals surface area (Å²) < 4.78 is 27.4. The molecule has 1 aliphatic rings. The fourth-order valence-corrected chi connectivity index (χ4v) is 4.59. The fraction of sp³-hybridized carbons (Fsp3) is 0.571. The maximum atomic E-state index is 12.4. The van der Waals surface area contributed by atoms with Crippen molar-refractivity contribution in [3.8, 4) is 0 Å². The average Bonchev–Trinajstić information content (AvgIpc) is 2.86. The zero-order valence-electron chi connectivity index (χ0n) is 11.8. The minimum absolute atomic E-state index is 0.0466. The van der Waals surface area contributed by atoms with Gasteiger partial charge in [-0.1, -0.05) is 6.07 Å². The zero-order chi connectivity index (χ0) is 14.8. The van der Waals surface area contributed by atoms with Crippen molar-refractivity contribution in [2.75, 3.05) is 12.9 Å². The lowest BCUT2D eigenvalue weighted by Gasteiger charge is -2.21. The highest BCUT2D eigenvalue weighted by Gasteiger charge is 2.24. The van der Waals surface area contributed by atoms with Crippen molar-refractivity contribution < 1.29 is 13.5 Å². The molecular formula is C14H21NO3S2. The van der Waals surface area contributed by atoms with Gasteiger partial charge in [0.1, 0.15) is 0 Å². The molecule has 0 heterocycles. The molecular weight excluding hydrogens is 294 g/mol. The van der Waals surface area contributed by atoms with E-state index in [1.54, 1.807) is 19.1 Å². The molecule has 1 aromatic rings. The van der Waals surface area contributed by atoms with Gasteiger partial charge in [-0.15, -0.1) is 0 Å². The predicted molar refractivity (Wildman–Crippen MR) is 82.6 cm³/mol. The number of thioether (sulfide) groups is 1. The van der Waals surface area contributed by atoms with E-state index in [2.05, 4.69) is 4.72 Å². The molecule has 0 aliphatic heterocycles. The summed E-state index contributed by atoms with van der Waals surface area (Å²) in [6.45, 7) is 1.73. The van der Waals surface area contributed by atoms with Gasteiger partial charge in [0, 0.05) is 11.3 Å². The minimum Gasteiger partial charge on any atom is -0.395 e. The first-order chi connectivity index (χ1) is 9.47. The van der Waals surface area contributed by atoms with E-state index in [1.165, 1.54) is 17.3 Å². The Balaban J connectivity index is 2.18. The van der Waals surface area contributed by atoms with Crippen molar-refractivity contribution >= 4 is 21.8 Å². The molecule has 2 N–H and O–H groups in total. The molecule has 2 atom stereocenters. The Morgan fingerprint density at radius 1 is 1.35 bits per heavy atom. The third-order valence-electron chi connectivity index (χ3n) is 3.76. The highest BCUT2D eigenvalue weighted by molar-refractivity contribution is 7.99. The van der Waals surface area contributed by atoms with Crippen LogP contribution in [0.3, 0.4) is 0 Å². The molecule has 0 radical (unpaired) electrons. The number of fused-ring (bicyclic) bond motifs is 1. The van der Waals surface area contributed by atoms with E-state index in [0.29, 0.717) is 4.90 Å². The standard InChI is InChI=1S/C14H21NO3S2/c1-10(14(9-16)19-2)15-20(17,18)13-7-6-11-4-3-5-12(11)8-13/h6-8,10,14-16H,3-5,9H2,1-2H3. The lowest BCUT2D eigenvalue weighted by atomic mass is 10.1. The number of rotatable bonds is 6. The van der Waals surface area contributed by atoms with Gasteiger partial charge in [-0.25, -0.2) is 13.1 Å². The van der Waals surface area contributed by atoms with Gasteiger partial charge in [-0.3, -0.25) is 0 Å². The molecule has 6 heteroatoms. The smallest absolute Gasteiger partial charge is 0.240 e. The summed E-state index contributed by atoms with van der Waals surface area (Å²) in [5.74, 6) is 0. The summed E-state index contributed by atoms with van der Waals surface area (Å²) in [5, 5.41) is 9.10. The Morgan fingerprint density at radius 3 is 2.70 bits per heavy atom. The topological polar surface area (TPSA) is 66.4 Å². The zero-order valence-corrected chi connectivity index (χ0v) is 13.4. The fourth-order valence-electron chi connectivity index (χ4n) is 2.54. The molecule has 2 rings (SSSR count). The lowest BCUT2D eigenvalue weighted by molar-refractivity contribution is 0.282. The molecule has 1 aliphatic carbocycles. The van der Waals surface area contributed by atoms with Gasteiger partial charge in [0.15, 0.2) is 0 Å². The number of aliphatic hydroxyl groups is 1. The van der Waals surface area contributed by atoms with Crippen LogP contribution in [0.25, 0.3) is 0 Å². The van der Waals surface area contributed by atoms with Crippen molar-refractivity contribution in [2.45, 2.75) is 42.4 Å². The predicted octanol–water partition coefficient (Wildman–Crippen LogP) is 1.57. The van der Waals surface area contributed by atoms with Crippen LogP contribution in [0.5, 0.6) is 0 Å². The van der Waals surface area contributed by atoms with E-state index in [9.17, 15) is 13.5 Å². The number of aliphatic hydroxyl groups excluding tert-OH is 1. The van der Waals surface area contributed by atoms with Crippen molar-refractivity contribution in [3.63, 3.8) is 0 Å². The maximum Gasteiger partial charge on any atom is 0.240 e. The Hall–Kier alpha value is -0.560. The molecule has 0 saturated carbocycles. The quantitative estimate of drug-likeness (QED) is 0.836. The third kappa shape index (κ3) is 3.36. The Bertz CT molecular complexity index is 568. The van der Waals surface area contributed by atoms with Crippen molar-refractivity contribution in [2.24, 2.45) is 0 Å². The highest BCUT2D eigenvalue weighted by atomic mass is 32.2. The SMILES string of the molecule is CSC(CO)C(C)NS(=O)(=O)c1ccc2c(c1)CCC2. The van der Waals surface area contributed by atoms with E-state index < -0.39 is 10.0 Å². The van der Waals surface area contributed by atoms with E-state index >= 15 is 0 Å². The average molecular weight is 315 g/mol. The normalized spacial score (nSPS) is 17.8. The second kappa shape index (κ2) is 6.47. The van der Waals surface area contributed by atoms with Gasteiger partial charge in [0.25, 0.3) is 0 Å². The molecule has 0 spiro atoms. The number of hydrogen-bond donors (Lipinski definition) is 2. The molecule has 112 valence electrons. The van der Waals surface area contributed by atoms with Gasteiger partial charge >= 0.3 is 0 Å². The Kier molecular flexibility index (Phi) is 5.12. The van der Waals surface area contributed by atoms with Crippen LogP contribution in [0, 0.1) is 0 Å². The number of sulfonamides is 1. The van der Waals surface area contributed by atoms with Crippen LogP contribution in [0.15, 0.2) is 23.1 Å². The molecule has 0 saturated heterocycles. The third-order valence-corrected chi connectivity index (χ3v) is 6.48. The minimum atomic E-state index is -3.52. The summed E-state index contributed by atoms with van der Waals surface area (Å²) in [7, 11) is -3.52. The summed E-state index contributed by atoms with van der Waals surface area (Å²) >= 11 is 1.46. The monoisotopic (exact) mass is 315 g/mol. The second-order valence-corrected chi connectivity index (χ2v) is 7.94. The largest absolute Gasteiger partial charge is 0.395 e. The van der Waals surface area contributed by atoms with Gasteiger partial charge in [0.05, 0.1) is 11.5 Å². The molecule has 1 aromatic carbocycles. The number of aryl methyl sites for hydroxylation is 2. The molecule has 0 bridgehead atoms. The molecule has 0 amide bonds. The molecule has 0 aromatic heterocycles. The second-order valence-electron chi connectivity index (χ2n) is 5.15. The van der Waals surface area contributed by atoms with Crippen LogP contribution in [-0.4, -0.2) is 37.7 Å². The van der Waals surface area contributed by atoms with Crippen LogP contribution in [0.1, 0.15) is 24.5 Å². The first kappa shape index (κ1) is 15.8. The van der Waals surface area contributed by atoms with Crippen molar-refractivity contribution in [1.82, 2.24) is 4.72 Å². The first-order valence-electron chi connectivity index (χ1n) is 6.75. The maximum absolute atomic E-state index is 12.4. The summed E-state index contributed by atoms with van der Waals surface area (Å²) in [6, 6.07) is 5.06. The molecule has 2 unspecified atom stereocenters. The Labute approximate surface area is 125 Å².